The van der Waals surface area contributed by atoms with E-state index in [2.05, 4.69) is 5.32 Å². The molecule has 1 saturated heterocycles. The second-order valence-corrected chi connectivity index (χ2v) is 6.73. The van der Waals surface area contributed by atoms with E-state index in [0.29, 0.717) is 17.1 Å². The van der Waals surface area contributed by atoms with Crippen LogP contribution in [0.15, 0.2) is 42.0 Å². The molecule has 0 unspecified atom stereocenters. The minimum atomic E-state index is -0.904. The summed E-state index contributed by atoms with van der Waals surface area (Å²) in [5.41, 5.74) is 0.328. The molecular weight excluding hydrogens is 433 g/mol. The third-order valence-electron chi connectivity index (χ3n) is 4.05. The molecule has 2 aromatic carbocycles. The first-order chi connectivity index (χ1) is 14.3. The van der Waals surface area contributed by atoms with E-state index < -0.39 is 17.8 Å². The molecule has 0 aromatic heterocycles. The standard InChI is InChI=1S/C20H13Cl2N3O5/c1-29-17-9-11(2-5-16(17)30-7-6-23)8-13-18(26)24-20(28)25(19(13)27)12-3-4-14(21)15(22)10-12/h2-5,8-10H,7H2,1H3,(H,24,26,28). The summed E-state index contributed by atoms with van der Waals surface area (Å²) in [4.78, 5) is 38.3. The number of benzene rings is 2. The van der Waals surface area contributed by atoms with Gasteiger partial charge in [-0.3, -0.25) is 14.9 Å². The van der Waals surface area contributed by atoms with Crippen LogP contribution in [0, 0.1) is 11.3 Å². The number of nitrogens with zero attached hydrogens (tertiary/aromatic N) is 2. The quantitative estimate of drug-likeness (QED) is 0.556. The van der Waals surface area contributed by atoms with Crippen LogP contribution in [-0.4, -0.2) is 31.6 Å². The Kier molecular flexibility index (Phi) is 6.26. The molecule has 0 aliphatic carbocycles. The van der Waals surface area contributed by atoms with Crippen LogP contribution in [0.2, 0.25) is 10.0 Å². The zero-order valence-corrected chi connectivity index (χ0v) is 17.0. The van der Waals surface area contributed by atoms with Crippen molar-refractivity contribution in [2.45, 2.75) is 0 Å². The number of methoxy groups -OCH3 is 1. The first kappa shape index (κ1) is 21.2. The van der Waals surface area contributed by atoms with E-state index in [0.717, 1.165) is 4.90 Å². The Morgan fingerprint density at radius 3 is 2.53 bits per heavy atom. The van der Waals surface area contributed by atoms with Gasteiger partial charge in [0.1, 0.15) is 11.6 Å². The van der Waals surface area contributed by atoms with Gasteiger partial charge >= 0.3 is 6.03 Å². The number of carbonyl (C=O) groups is 3. The molecule has 0 saturated carbocycles. The average Bonchev–Trinajstić information content (AvgIpc) is 2.72. The van der Waals surface area contributed by atoms with Crippen LogP contribution in [-0.2, 0) is 9.59 Å². The number of amides is 4. The normalized spacial score (nSPS) is 15.1. The summed E-state index contributed by atoms with van der Waals surface area (Å²) in [5, 5.41) is 11.2. The number of hydrogen-bond acceptors (Lipinski definition) is 6. The molecule has 0 spiro atoms. The van der Waals surface area contributed by atoms with E-state index in [4.69, 9.17) is 37.9 Å². The molecule has 4 amide bonds. The zero-order valence-electron chi connectivity index (χ0n) is 15.4. The molecule has 1 heterocycles. The largest absolute Gasteiger partial charge is 0.493 e. The Hall–Kier alpha value is -3.54. The van der Waals surface area contributed by atoms with Crippen molar-refractivity contribution in [2.75, 3.05) is 18.6 Å². The number of nitriles is 1. The molecule has 10 heteroatoms. The van der Waals surface area contributed by atoms with Crippen LogP contribution < -0.4 is 19.7 Å². The van der Waals surface area contributed by atoms with E-state index in [-0.39, 0.29) is 27.9 Å². The van der Waals surface area contributed by atoms with Crippen LogP contribution in [0.25, 0.3) is 6.08 Å². The number of imide groups is 2. The molecule has 152 valence electrons. The van der Waals surface area contributed by atoms with E-state index in [1.54, 1.807) is 6.07 Å². The third kappa shape index (κ3) is 4.22. The van der Waals surface area contributed by atoms with Crippen molar-refractivity contribution in [3.05, 3.63) is 57.6 Å². The van der Waals surface area contributed by atoms with Gasteiger partial charge in [-0.15, -0.1) is 0 Å². The van der Waals surface area contributed by atoms with Gasteiger partial charge in [-0.05, 0) is 42.0 Å². The maximum Gasteiger partial charge on any atom is 0.335 e. The predicted octanol–water partition coefficient (Wildman–Crippen LogP) is 3.57. The number of urea groups is 1. The summed E-state index contributed by atoms with van der Waals surface area (Å²) in [5.74, 6) is -1.04. The van der Waals surface area contributed by atoms with Gasteiger partial charge in [0.05, 0.1) is 22.8 Å². The van der Waals surface area contributed by atoms with Crippen LogP contribution in [0.5, 0.6) is 11.5 Å². The van der Waals surface area contributed by atoms with Crippen molar-refractivity contribution in [2.24, 2.45) is 0 Å². The SMILES string of the molecule is COc1cc(C=C2C(=O)NC(=O)N(c3ccc(Cl)c(Cl)c3)C2=O)ccc1OCC#N. The predicted molar refractivity (Wildman–Crippen MR) is 110 cm³/mol. The van der Waals surface area contributed by atoms with Crippen molar-refractivity contribution in [3.63, 3.8) is 0 Å². The molecule has 1 N–H and O–H groups in total. The summed E-state index contributed by atoms with van der Waals surface area (Å²) in [6, 6.07) is 9.80. The maximum absolute atomic E-state index is 12.9. The Labute approximate surface area is 181 Å². The number of ether oxygens (including phenoxy) is 2. The molecule has 0 radical (unpaired) electrons. The highest BCUT2D eigenvalue weighted by Gasteiger charge is 2.37. The van der Waals surface area contributed by atoms with Gasteiger partial charge in [-0.2, -0.15) is 5.26 Å². The first-order valence-electron chi connectivity index (χ1n) is 8.40. The third-order valence-corrected chi connectivity index (χ3v) is 4.79. The summed E-state index contributed by atoms with van der Waals surface area (Å²) >= 11 is 11.9. The fourth-order valence-corrected chi connectivity index (χ4v) is 2.98. The van der Waals surface area contributed by atoms with Gasteiger partial charge < -0.3 is 9.47 Å². The van der Waals surface area contributed by atoms with Crippen LogP contribution in [0.1, 0.15) is 5.56 Å². The second-order valence-electron chi connectivity index (χ2n) is 5.91. The topological polar surface area (TPSA) is 109 Å². The minimum absolute atomic E-state index is 0.148. The van der Waals surface area contributed by atoms with Crippen molar-refractivity contribution in [1.82, 2.24) is 5.32 Å². The number of hydrogen-bond donors (Lipinski definition) is 1. The molecule has 3 rings (SSSR count). The summed E-state index contributed by atoms with van der Waals surface area (Å²) < 4.78 is 10.5. The number of anilines is 1. The van der Waals surface area contributed by atoms with Crippen LogP contribution in [0.4, 0.5) is 10.5 Å². The van der Waals surface area contributed by atoms with Gasteiger partial charge in [0, 0.05) is 0 Å². The number of nitrogens with one attached hydrogen (secondary N) is 1. The monoisotopic (exact) mass is 445 g/mol. The lowest BCUT2D eigenvalue weighted by molar-refractivity contribution is -0.122. The summed E-state index contributed by atoms with van der Waals surface area (Å²) in [6.07, 6.45) is 1.31. The Morgan fingerprint density at radius 2 is 1.87 bits per heavy atom. The van der Waals surface area contributed by atoms with Gasteiger partial charge in [0.2, 0.25) is 0 Å². The lowest BCUT2D eigenvalue weighted by Crippen LogP contribution is -2.54. The van der Waals surface area contributed by atoms with E-state index in [1.165, 1.54) is 43.5 Å². The molecule has 1 aliphatic heterocycles. The van der Waals surface area contributed by atoms with E-state index in [1.807, 2.05) is 6.07 Å². The molecule has 30 heavy (non-hydrogen) atoms. The molecule has 1 fully saturated rings. The smallest absolute Gasteiger partial charge is 0.335 e. The Morgan fingerprint density at radius 1 is 1.10 bits per heavy atom. The summed E-state index contributed by atoms with van der Waals surface area (Å²) in [7, 11) is 1.41. The number of rotatable bonds is 5. The number of carbonyl (C=O) groups excluding carboxylic acids is 3. The van der Waals surface area contributed by atoms with Crippen molar-refractivity contribution in [1.29, 1.82) is 5.26 Å². The van der Waals surface area contributed by atoms with E-state index >= 15 is 0 Å². The Balaban J connectivity index is 1.98. The molecule has 8 nitrogen and oxygen atoms in total. The van der Waals surface area contributed by atoms with Crippen molar-refractivity contribution < 1.29 is 23.9 Å². The molecular formula is C20H13Cl2N3O5. The second kappa shape index (κ2) is 8.86. The highest BCUT2D eigenvalue weighted by Crippen LogP contribution is 2.31. The van der Waals surface area contributed by atoms with E-state index in [9.17, 15) is 14.4 Å². The number of barbiturate groups is 1. The number of halogens is 2. The van der Waals surface area contributed by atoms with Crippen molar-refractivity contribution >= 4 is 52.8 Å². The van der Waals surface area contributed by atoms with Crippen LogP contribution >= 0.6 is 23.2 Å². The van der Waals surface area contributed by atoms with Crippen LogP contribution in [0.3, 0.4) is 0 Å². The molecule has 0 atom stereocenters. The lowest BCUT2D eigenvalue weighted by Gasteiger charge is -2.26. The first-order valence-corrected chi connectivity index (χ1v) is 9.15. The van der Waals surface area contributed by atoms with Gasteiger partial charge in [0.25, 0.3) is 11.8 Å². The van der Waals surface area contributed by atoms with Gasteiger partial charge in [0.15, 0.2) is 18.1 Å². The highest BCUT2D eigenvalue weighted by molar-refractivity contribution is 6.43. The maximum atomic E-state index is 12.9. The molecule has 1 aliphatic rings. The zero-order chi connectivity index (χ0) is 21.8. The Bertz CT molecular complexity index is 1120. The van der Waals surface area contributed by atoms with Gasteiger partial charge in [-0.25, -0.2) is 9.69 Å². The lowest BCUT2D eigenvalue weighted by atomic mass is 10.1. The molecule has 2 aromatic rings. The highest BCUT2D eigenvalue weighted by atomic mass is 35.5. The fourth-order valence-electron chi connectivity index (χ4n) is 2.69. The van der Waals surface area contributed by atoms with Crippen molar-refractivity contribution in [3.8, 4) is 17.6 Å². The minimum Gasteiger partial charge on any atom is -0.493 e. The average molecular weight is 446 g/mol. The van der Waals surface area contributed by atoms with Gasteiger partial charge in [-0.1, -0.05) is 29.3 Å². The fraction of sp³-hybridized carbons (Fsp3) is 0.100. The molecule has 0 bridgehead atoms. The summed E-state index contributed by atoms with van der Waals surface area (Å²) in [6.45, 7) is -0.168.